The molecule has 0 atom stereocenters. The fraction of sp³-hybridized carbons (Fsp3) is 0.263. The summed E-state index contributed by atoms with van der Waals surface area (Å²) in [4.78, 5) is 26.5. The number of rotatable bonds is 4. The molecule has 24 heavy (non-hydrogen) atoms. The van der Waals surface area contributed by atoms with Gasteiger partial charge in [-0.1, -0.05) is 23.8 Å². The molecule has 0 saturated heterocycles. The minimum atomic E-state index is -0.934. The summed E-state index contributed by atoms with van der Waals surface area (Å²) < 4.78 is 0. The Labute approximate surface area is 145 Å². The summed E-state index contributed by atoms with van der Waals surface area (Å²) in [6, 6.07) is 13.3. The Bertz CT molecular complexity index is 771. The van der Waals surface area contributed by atoms with Gasteiger partial charge < -0.3 is 10.0 Å². The third-order valence-electron chi connectivity index (χ3n) is 4.20. The molecule has 1 amide bonds. The van der Waals surface area contributed by atoms with Crippen LogP contribution in [0.3, 0.4) is 0 Å². The van der Waals surface area contributed by atoms with Crippen molar-refractivity contribution in [3.05, 3.63) is 64.7 Å². The van der Waals surface area contributed by atoms with E-state index in [1.165, 1.54) is 17.3 Å². The molecule has 1 heterocycles. The molecule has 2 aromatic carbocycles. The van der Waals surface area contributed by atoms with Crippen molar-refractivity contribution in [2.45, 2.75) is 24.8 Å². The molecule has 0 unspecified atom stereocenters. The average molecular weight is 341 g/mol. The Balaban J connectivity index is 1.63. The van der Waals surface area contributed by atoms with Crippen LogP contribution in [0, 0.1) is 6.92 Å². The maximum absolute atomic E-state index is 12.5. The molecule has 0 fully saturated rings. The Morgan fingerprint density at radius 2 is 1.88 bits per heavy atom. The molecule has 0 spiro atoms. The number of aryl methyl sites for hydroxylation is 1. The Morgan fingerprint density at radius 1 is 1.12 bits per heavy atom. The van der Waals surface area contributed by atoms with E-state index in [0.29, 0.717) is 18.8 Å². The Hall–Kier alpha value is -2.27. The number of thioether (sulfide) groups is 1. The van der Waals surface area contributed by atoms with Gasteiger partial charge in [-0.25, -0.2) is 4.79 Å². The van der Waals surface area contributed by atoms with Crippen LogP contribution in [0.5, 0.6) is 0 Å². The van der Waals surface area contributed by atoms with Crippen LogP contribution >= 0.6 is 11.8 Å². The number of fused-ring (bicyclic) bond motifs is 1. The van der Waals surface area contributed by atoms with Crippen LogP contribution in [-0.2, 0) is 17.8 Å². The summed E-state index contributed by atoms with van der Waals surface area (Å²) in [6.07, 6.45) is 0.774. The highest BCUT2D eigenvalue weighted by Gasteiger charge is 2.21. The largest absolute Gasteiger partial charge is 0.478 e. The SMILES string of the molecule is Cc1ccc(SCC(=O)N2CCc3ccc(C(=O)O)cc3C2)cc1. The van der Waals surface area contributed by atoms with Crippen molar-refractivity contribution in [3.8, 4) is 0 Å². The molecule has 0 saturated carbocycles. The monoisotopic (exact) mass is 341 g/mol. The number of carboxylic acid groups (broad SMARTS) is 1. The van der Waals surface area contributed by atoms with E-state index >= 15 is 0 Å². The molecule has 0 aromatic heterocycles. The van der Waals surface area contributed by atoms with E-state index in [1.54, 1.807) is 12.1 Å². The van der Waals surface area contributed by atoms with Crippen molar-refractivity contribution in [3.63, 3.8) is 0 Å². The first kappa shape index (κ1) is 16.6. The number of carboxylic acids is 1. The van der Waals surface area contributed by atoms with Gasteiger partial charge in [0.1, 0.15) is 0 Å². The van der Waals surface area contributed by atoms with Crippen molar-refractivity contribution in [1.82, 2.24) is 4.90 Å². The van der Waals surface area contributed by atoms with Crippen LogP contribution in [0.1, 0.15) is 27.0 Å². The maximum Gasteiger partial charge on any atom is 0.335 e. The lowest BCUT2D eigenvalue weighted by molar-refractivity contribution is -0.129. The standard InChI is InChI=1S/C19H19NO3S/c1-13-2-6-17(7-3-13)24-12-18(21)20-9-8-14-4-5-15(19(22)23)10-16(14)11-20/h2-7,10H,8-9,11-12H2,1H3,(H,22,23). The van der Waals surface area contributed by atoms with Crippen molar-refractivity contribution < 1.29 is 14.7 Å². The lowest BCUT2D eigenvalue weighted by atomic mass is 9.97. The van der Waals surface area contributed by atoms with Gasteiger partial charge in [0.25, 0.3) is 0 Å². The number of carbonyl (C=O) groups is 2. The smallest absolute Gasteiger partial charge is 0.335 e. The topological polar surface area (TPSA) is 57.6 Å². The van der Waals surface area contributed by atoms with Gasteiger partial charge in [0.05, 0.1) is 11.3 Å². The van der Waals surface area contributed by atoms with Gasteiger partial charge in [0.2, 0.25) is 5.91 Å². The molecule has 4 nitrogen and oxygen atoms in total. The van der Waals surface area contributed by atoms with Gasteiger partial charge in [-0.3, -0.25) is 4.79 Å². The van der Waals surface area contributed by atoms with Crippen molar-refractivity contribution >= 4 is 23.6 Å². The highest BCUT2D eigenvalue weighted by molar-refractivity contribution is 8.00. The van der Waals surface area contributed by atoms with Crippen LogP contribution in [-0.4, -0.2) is 34.2 Å². The minimum absolute atomic E-state index is 0.0898. The molecule has 0 radical (unpaired) electrons. The van der Waals surface area contributed by atoms with E-state index < -0.39 is 5.97 Å². The zero-order valence-electron chi connectivity index (χ0n) is 13.5. The molecule has 124 valence electrons. The van der Waals surface area contributed by atoms with E-state index in [1.807, 2.05) is 42.2 Å². The van der Waals surface area contributed by atoms with Crippen LogP contribution in [0.15, 0.2) is 47.4 Å². The van der Waals surface area contributed by atoms with E-state index in [0.717, 1.165) is 22.4 Å². The number of benzene rings is 2. The number of aromatic carboxylic acids is 1. The molecule has 0 bridgehead atoms. The summed E-state index contributed by atoms with van der Waals surface area (Å²) in [5, 5.41) is 9.11. The molecule has 1 aliphatic heterocycles. The normalized spacial score (nSPS) is 13.5. The quantitative estimate of drug-likeness (QED) is 0.866. The maximum atomic E-state index is 12.5. The Morgan fingerprint density at radius 3 is 2.58 bits per heavy atom. The molecule has 1 N–H and O–H groups in total. The molecule has 0 aliphatic carbocycles. The van der Waals surface area contributed by atoms with Crippen molar-refractivity contribution in [2.75, 3.05) is 12.3 Å². The fourth-order valence-corrected chi connectivity index (χ4v) is 3.58. The zero-order valence-corrected chi connectivity index (χ0v) is 14.3. The van der Waals surface area contributed by atoms with Crippen LogP contribution in [0.2, 0.25) is 0 Å². The predicted octanol–water partition coefficient (Wildman–Crippen LogP) is 3.37. The molecular formula is C19H19NO3S. The van der Waals surface area contributed by atoms with E-state index in [-0.39, 0.29) is 11.5 Å². The molecule has 2 aromatic rings. The van der Waals surface area contributed by atoms with Gasteiger partial charge in [-0.2, -0.15) is 0 Å². The number of hydrogen-bond acceptors (Lipinski definition) is 3. The lowest BCUT2D eigenvalue weighted by Gasteiger charge is -2.29. The summed E-state index contributed by atoms with van der Waals surface area (Å²) in [6.45, 7) is 3.21. The number of hydrogen-bond donors (Lipinski definition) is 1. The Kier molecular flexibility index (Phi) is 4.90. The van der Waals surface area contributed by atoms with Gasteiger partial charge in [-0.15, -0.1) is 11.8 Å². The second kappa shape index (κ2) is 7.09. The second-order valence-corrected chi connectivity index (χ2v) is 7.00. The van der Waals surface area contributed by atoms with Crippen molar-refractivity contribution in [1.29, 1.82) is 0 Å². The summed E-state index contributed by atoms with van der Waals surface area (Å²) >= 11 is 1.53. The molecule has 3 rings (SSSR count). The summed E-state index contributed by atoms with van der Waals surface area (Å²) in [5.74, 6) is -0.445. The summed E-state index contributed by atoms with van der Waals surface area (Å²) in [7, 11) is 0. The van der Waals surface area contributed by atoms with E-state index in [9.17, 15) is 9.59 Å². The minimum Gasteiger partial charge on any atom is -0.478 e. The third kappa shape index (κ3) is 3.79. The number of carbonyl (C=O) groups excluding carboxylic acids is 1. The van der Waals surface area contributed by atoms with E-state index in [4.69, 9.17) is 5.11 Å². The van der Waals surface area contributed by atoms with Gasteiger partial charge in [0.15, 0.2) is 0 Å². The number of nitrogens with zero attached hydrogens (tertiary/aromatic N) is 1. The zero-order chi connectivity index (χ0) is 17.1. The second-order valence-electron chi connectivity index (χ2n) is 5.96. The van der Waals surface area contributed by atoms with Gasteiger partial charge in [-0.05, 0) is 48.7 Å². The number of amides is 1. The lowest BCUT2D eigenvalue weighted by Crippen LogP contribution is -2.37. The first-order valence-electron chi connectivity index (χ1n) is 7.85. The molecule has 1 aliphatic rings. The summed E-state index contributed by atoms with van der Waals surface area (Å²) in [5.41, 5.74) is 3.55. The first-order valence-corrected chi connectivity index (χ1v) is 8.84. The van der Waals surface area contributed by atoms with Crippen LogP contribution < -0.4 is 0 Å². The predicted molar refractivity (Wildman–Crippen MR) is 94.4 cm³/mol. The van der Waals surface area contributed by atoms with Crippen LogP contribution in [0.25, 0.3) is 0 Å². The van der Waals surface area contributed by atoms with Gasteiger partial charge >= 0.3 is 5.97 Å². The average Bonchev–Trinajstić information content (AvgIpc) is 2.60. The fourth-order valence-electron chi connectivity index (χ4n) is 2.77. The third-order valence-corrected chi connectivity index (χ3v) is 5.20. The highest BCUT2D eigenvalue weighted by Crippen LogP contribution is 2.23. The molecule has 5 heteroatoms. The van der Waals surface area contributed by atoms with Crippen LogP contribution in [0.4, 0.5) is 0 Å². The molecular weight excluding hydrogens is 322 g/mol. The highest BCUT2D eigenvalue weighted by atomic mass is 32.2. The van der Waals surface area contributed by atoms with Crippen molar-refractivity contribution in [2.24, 2.45) is 0 Å². The first-order chi connectivity index (χ1) is 11.5. The van der Waals surface area contributed by atoms with E-state index in [2.05, 4.69) is 0 Å². The van der Waals surface area contributed by atoms with Gasteiger partial charge in [0, 0.05) is 18.0 Å².